The summed E-state index contributed by atoms with van der Waals surface area (Å²) in [6.45, 7) is 0. The van der Waals surface area contributed by atoms with Crippen LogP contribution in [0.3, 0.4) is 0 Å². The minimum absolute atomic E-state index is 0.118. The van der Waals surface area contributed by atoms with Gasteiger partial charge in [-0.3, -0.25) is 14.9 Å². The SMILES string of the molecule is O=C(Nc1cccc(-c2nc(Nc3ccc4[nH]ncc4c3)c3cc(O)ccc3n2)c1)c1cccnc1. The van der Waals surface area contributed by atoms with Gasteiger partial charge in [-0.15, -0.1) is 0 Å². The van der Waals surface area contributed by atoms with Crippen molar-refractivity contribution in [1.29, 1.82) is 0 Å². The predicted molar refractivity (Wildman–Crippen MR) is 138 cm³/mol. The molecule has 0 aliphatic rings. The number of carbonyl (C=O) groups excluding carboxylic acids is 1. The maximum absolute atomic E-state index is 12.6. The van der Waals surface area contributed by atoms with E-state index in [1.54, 1.807) is 48.8 Å². The molecule has 3 heterocycles. The molecule has 4 N–H and O–H groups in total. The topological polar surface area (TPSA) is 129 Å². The molecule has 0 bridgehead atoms. The van der Waals surface area contributed by atoms with Gasteiger partial charge in [0.2, 0.25) is 0 Å². The Labute approximate surface area is 204 Å². The molecule has 0 spiro atoms. The average molecular weight is 473 g/mol. The van der Waals surface area contributed by atoms with E-state index in [0.717, 1.165) is 22.2 Å². The Kier molecular flexibility index (Phi) is 5.19. The molecule has 0 radical (unpaired) electrons. The summed E-state index contributed by atoms with van der Waals surface area (Å²) in [6, 6.07) is 21.5. The number of aromatic nitrogens is 5. The van der Waals surface area contributed by atoms with Crippen molar-refractivity contribution >= 4 is 44.9 Å². The van der Waals surface area contributed by atoms with Crippen LogP contribution in [0.5, 0.6) is 5.75 Å². The number of phenolic OH excluding ortho intramolecular Hbond substituents is 1. The molecule has 174 valence electrons. The molecule has 0 aliphatic heterocycles. The molecule has 9 heteroatoms. The van der Waals surface area contributed by atoms with Gasteiger partial charge in [0.05, 0.1) is 22.8 Å². The molecular weight excluding hydrogens is 454 g/mol. The van der Waals surface area contributed by atoms with Crippen LogP contribution in [0.4, 0.5) is 17.2 Å². The summed E-state index contributed by atoms with van der Waals surface area (Å²) >= 11 is 0. The maximum atomic E-state index is 12.6. The minimum Gasteiger partial charge on any atom is -0.508 e. The lowest BCUT2D eigenvalue weighted by molar-refractivity contribution is 0.102. The zero-order valence-corrected chi connectivity index (χ0v) is 18.8. The first-order valence-electron chi connectivity index (χ1n) is 11.2. The molecule has 0 unspecified atom stereocenters. The molecule has 36 heavy (non-hydrogen) atoms. The second kappa shape index (κ2) is 8.80. The Morgan fingerprint density at radius 3 is 2.72 bits per heavy atom. The third-order valence-corrected chi connectivity index (χ3v) is 5.68. The molecule has 0 fully saturated rings. The van der Waals surface area contributed by atoms with Crippen molar-refractivity contribution in [2.24, 2.45) is 0 Å². The largest absolute Gasteiger partial charge is 0.508 e. The van der Waals surface area contributed by atoms with Crippen molar-refractivity contribution in [2.75, 3.05) is 10.6 Å². The van der Waals surface area contributed by atoms with Gasteiger partial charge in [-0.25, -0.2) is 9.97 Å². The highest BCUT2D eigenvalue weighted by Crippen LogP contribution is 2.31. The maximum Gasteiger partial charge on any atom is 0.257 e. The number of aromatic amines is 1. The van der Waals surface area contributed by atoms with Gasteiger partial charge < -0.3 is 15.7 Å². The molecule has 0 saturated heterocycles. The Morgan fingerprint density at radius 1 is 0.889 bits per heavy atom. The van der Waals surface area contributed by atoms with E-state index < -0.39 is 0 Å². The van der Waals surface area contributed by atoms with E-state index in [4.69, 9.17) is 9.97 Å². The molecule has 6 aromatic rings. The Bertz CT molecular complexity index is 1730. The van der Waals surface area contributed by atoms with Crippen LogP contribution >= 0.6 is 0 Å². The summed E-state index contributed by atoms with van der Waals surface area (Å²) in [4.78, 5) is 26.1. The van der Waals surface area contributed by atoms with E-state index in [2.05, 4.69) is 25.8 Å². The van der Waals surface area contributed by atoms with Crippen LogP contribution in [0.15, 0.2) is 91.4 Å². The van der Waals surface area contributed by atoms with Crippen molar-refractivity contribution < 1.29 is 9.90 Å². The van der Waals surface area contributed by atoms with E-state index >= 15 is 0 Å². The number of benzene rings is 3. The van der Waals surface area contributed by atoms with Gasteiger partial charge in [-0.1, -0.05) is 12.1 Å². The third-order valence-electron chi connectivity index (χ3n) is 5.68. The number of H-pyrrole nitrogens is 1. The number of phenols is 1. The predicted octanol–water partition coefficient (Wildman–Crippen LogP) is 5.27. The standard InChI is InChI=1S/C27H19N7O2/c35-21-7-9-24-22(13-21)26(30-20-6-8-23-18(12-20)15-29-34-23)33-25(32-24)16-3-1-5-19(11-16)31-27(36)17-4-2-10-28-14-17/h1-15,35H,(H,29,34)(H,31,36)(H,30,32,33). The number of hydrogen-bond donors (Lipinski definition) is 4. The summed E-state index contributed by atoms with van der Waals surface area (Å²) in [7, 11) is 0. The van der Waals surface area contributed by atoms with Crippen molar-refractivity contribution in [3.63, 3.8) is 0 Å². The molecule has 0 atom stereocenters. The molecule has 3 aromatic carbocycles. The number of amides is 1. The van der Waals surface area contributed by atoms with Crippen LogP contribution in [-0.4, -0.2) is 36.2 Å². The Hall–Kier alpha value is -5.31. The summed E-state index contributed by atoms with van der Waals surface area (Å²) in [5.74, 6) is 0.871. The highest BCUT2D eigenvalue weighted by Gasteiger charge is 2.13. The lowest BCUT2D eigenvalue weighted by Gasteiger charge is -2.12. The molecule has 9 nitrogen and oxygen atoms in total. The second-order valence-corrected chi connectivity index (χ2v) is 8.17. The average Bonchev–Trinajstić information content (AvgIpc) is 3.37. The van der Waals surface area contributed by atoms with E-state index in [-0.39, 0.29) is 11.7 Å². The number of nitrogens with one attached hydrogen (secondary N) is 3. The number of aromatic hydroxyl groups is 1. The summed E-state index contributed by atoms with van der Waals surface area (Å²) in [6.07, 6.45) is 4.88. The van der Waals surface area contributed by atoms with Gasteiger partial charge in [0.25, 0.3) is 5.91 Å². The van der Waals surface area contributed by atoms with Gasteiger partial charge in [0, 0.05) is 40.1 Å². The van der Waals surface area contributed by atoms with Crippen LogP contribution in [0.25, 0.3) is 33.2 Å². The van der Waals surface area contributed by atoms with Gasteiger partial charge in [0.15, 0.2) is 5.82 Å². The molecule has 3 aromatic heterocycles. The number of fused-ring (bicyclic) bond motifs is 2. The quantitative estimate of drug-likeness (QED) is 0.268. The minimum atomic E-state index is -0.257. The number of carbonyl (C=O) groups is 1. The number of rotatable bonds is 5. The van der Waals surface area contributed by atoms with E-state index in [1.807, 2.05) is 36.4 Å². The number of pyridine rings is 1. The van der Waals surface area contributed by atoms with Crippen molar-refractivity contribution in [2.45, 2.75) is 0 Å². The lowest BCUT2D eigenvalue weighted by atomic mass is 10.1. The third kappa shape index (κ3) is 4.16. The second-order valence-electron chi connectivity index (χ2n) is 8.17. The summed E-state index contributed by atoms with van der Waals surface area (Å²) < 4.78 is 0. The van der Waals surface area contributed by atoms with Gasteiger partial charge in [0.1, 0.15) is 11.6 Å². The van der Waals surface area contributed by atoms with E-state index in [0.29, 0.717) is 33.8 Å². The monoisotopic (exact) mass is 473 g/mol. The first-order chi connectivity index (χ1) is 17.6. The zero-order valence-electron chi connectivity index (χ0n) is 18.8. The number of hydrogen-bond acceptors (Lipinski definition) is 7. The van der Waals surface area contributed by atoms with Crippen LogP contribution in [0.2, 0.25) is 0 Å². The molecule has 0 aliphatic carbocycles. The van der Waals surface area contributed by atoms with Crippen molar-refractivity contribution in [3.8, 4) is 17.1 Å². The molecule has 0 saturated carbocycles. The van der Waals surface area contributed by atoms with Gasteiger partial charge in [-0.05, 0) is 60.7 Å². The highest BCUT2D eigenvalue weighted by molar-refractivity contribution is 6.04. The van der Waals surface area contributed by atoms with Crippen LogP contribution in [-0.2, 0) is 0 Å². The first-order valence-corrected chi connectivity index (χ1v) is 11.2. The summed E-state index contributed by atoms with van der Waals surface area (Å²) in [5, 5.41) is 25.0. The first kappa shape index (κ1) is 21.2. The normalized spacial score (nSPS) is 11.0. The number of anilines is 3. The van der Waals surface area contributed by atoms with Gasteiger partial charge >= 0.3 is 0 Å². The fraction of sp³-hybridized carbons (Fsp3) is 0. The van der Waals surface area contributed by atoms with E-state index in [1.165, 1.54) is 6.20 Å². The Morgan fingerprint density at radius 2 is 1.83 bits per heavy atom. The summed E-state index contributed by atoms with van der Waals surface area (Å²) in [5.41, 5.74) is 4.20. The van der Waals surface area contributed by atoms with E-state index in [9.17, 15) is 9.90 Å². The number of nitrogens with zero attached hydrogens (tertiary/aromatic N) is 4. The smallest absolute Gasteiger partial charge is 0.257 e. The van der Waals surface area contributed by atoms with Crippen molar-refractivity contribution in [1.82, 2.24) is 25.1 Å². The lowest BCUT2D eigenvalue weighted by Crippen LogP contribution is -2.12. The van der Waals surface area contributed by atoms with Crippen LogP contribution in [0, 0.1) is 0 Å². The fourth-order valence-corrected chi connectivity index (χ4v) is 3.93. The highest BCUT2D eigenvalue weighted by atomic mass is 16.3. The molecule has 1 amide bonds. The fourth-order valence-electron chi connectivity index (χ4n) is 3.93. The molecule has 6 rings (SSSR count). The Balaban J connectivity index is 1.38. The van der Waals surface area contributed by atoms with Crippen molar-refractivity contribution in [3.05, 3.63) is 97.0 Å². The molecular formula is C27H19N7O2. The zero-order chi connectivity index (χ0) is 24.5. The van der Waals surface area contributed by atoms with Crippen LogP contribution in [0.1, 0.15) is 10.4 Å². The van der Waals surface area contributed by atoms with Gasteiger partial charge in [-0.2, -0.15) is 5.10 Å². The van der Waals surface area contributed by atoms with Crippen LogP contribution < -0.4 is 10.6 Å².